The van der Waals surface area contributed by atoms with E-state index in [2.05, 4.69) is 191 Å². The summed E-state index contributed by atoms with van der Waals surface area (Å²) in [6.07, 6.45) is 0. The molecule has 46 heavy (non-hydrogen) atoms. The Morgan fingerprint density at radius 3 is 1.24 bits per heavy atom. The largest absolute Gasteiger partial charge is 0.311 e. The molecule has 0 spiro atoms. The van der Waals surface area contributed by atoms with Crippen LogP contribution in [0.5, 0.6) is 0 Å². The quantitative estimate of drug-likeness (QED) is 0.195. The molecule has 2 heteroatoms. The Morgan fingerprint density at radius 1 is 0.326 bits per heavy atom. The van der Waals surface area contributed by atoms with Crippen LogP contribution in [0.4, 0.5) is 17.1 Å². The van der Waals surface area contributed by atoms with Gasteiger partial charge in [0.25, 0.3) is 0 Å². The van der Waals surface area contributed by atoms with Crippen LogP contribution in [-0.2, 0) is 0 Å². The van der Waals surface area contributed by atoms with E-state index in [4.69, 9.17) is 0 Å². The molecule has 0 radical (unpaired) electrons. The number of nitrogens with zero attached hydrogens (tertiary/aromatic N) is 2. The molecule has 2 nitrogen and oxygen atoms in total. The zero-order valence-corrected chi connectivity index (χ0v) is 25.2. The highest BCUT2D eigenvalue weighted by Gasteiger charge is 2.17. The summed E-state index contributed by atoms with van der Waals surface area (Å²) >= 11 is 0. The number of hydrogen-bond donors (Lipinski definition) is 0. The van der Waals surface area contributed by atoms with Crippen molar-refractivity contribution < 1.29 is 0 Å². The average molecular weight is 587 g/mol. The zero-order chi connectivity index (χ0) is 30.5. The predicted molar refractivity (Wildman–Crippen MR) is 196 cm³/mol. The maximum atomic E-state index is 2.42. The van der Waals surface area contributed by atoms with E-state index in [1.54, 1.807) is 0 Å². The average Bonchev–Trinajstić information content (AvgIpc) is 3.48. The molecule has 0 saturated heterocycles. The molecule has 0 atom stereocenters. The minimum Gasteiger partial charge on any atom is -0.311 e. The maximum absolute atomic E-state index is 2.42. The first-order valence-corrected chi connectivity index (χ1v) is 15.8. The highest BCUT2D eigenvalue weighted by molar-refractivity contribution is 6.28. The lowest BCUT2D eigenvalue weighted by Crippen LogP contribution is -2.09. The Balaban J connectivity index is 1.14. The minimum absolute atomic E-state index is 1.13. The second-order valence-corrected chi connectivity index (χ2v) is 11.8. The Hall–Kier alpha value is -6.12. The summed E-state index contributed by atoms with van der Waals surface area (Å²) in [6.45, 7) is 0. The molecule has 216 valence electrons. The fourth-order valence-corrected chi connectivity index (χ4v) is 7.03. The lowest BCUT2D eigenvalue weighted by atomic mass is 10.00. The molecule has 0 aliphatic carbocycles. The molecule has 1 aromatic heterocycles. The second kappa shape index (κ2) is 10.8. The first-order valence-electron chi connectivity index (χ1n) is 15.8. The van der Waals surface area contributed by atoms with Crippen molar-refractivity contribution >= 4 is 60.4 Å². The molecule has 1 heterocycles. The van der Waals surface area contributed by atoms with Gasteiger partial charge in [0, 0.05) is 33.5 Å². The third-order valence-electron chi connectivity index (χ3n) is 9.16. The normalized spacial score (nSPS) is 11.5. The van der Waals surface area contributed by atoms with Gasteiger partial charge in [-0.2, -0.15) is 0 Å². The lowest BCUT2D eigenvalue weighted by Gasteiger charge is -2.25. The summed E-state index contributed by atoms with van der Waals surface area (Å²) in [7, 11) is 0. The highest BCUT2D eigenvalue weighted by atomic mass is 15.1. The van der Waals surface area contributed by atoms with E-state index in [-0.39, 0.29) is 0 Å². The number of benzene rings is 8. The Labute approximate surface area is 268 Å². The number of para-hydroxylation sites is 2. The molecule has 9 aromatic rings. The lowest BCUT2D eigenvalue weighted by molar-refractivity contribution is 1.18. The summed E-state index contributed by atoms with van der Waals surface area (Å²) in [6, 6.07) is 65.5. The van der Waals surface area contributed by atoms with Gasteiger partial charge in [-0.3, -0.25) is 0 Å². The van der Waals surface area contributed by atoms with Gasteiger partial charge in [0.1, 0.15) is 0 Å². The van der Waals surface area contributed by atoms with Crippen molar-refractivity contribution in [2.45, 2.75) is 0 Å². The fraction of sp³-hybridized carbons (Fsp3) is 0. The number of fused-ring (bicyclic) bond motifs is 7. The third-order valence-corrected chi connectivity index (χ3v) is 9.16. The van der Waals surface area contributed by atoms with Crippen molar-refractivity contribution in [1.29, 1.82) is 0 Å². The van der Waals surface area contributed by atoms with Gasteiger partial charge >= 0.3 is 0 Å². The van der Waals surface area contributed by atoms with Crippen molar-refractivity contribution in [2.24, 2.45) is 0 Å². The molecular weight excluding hydrogens is 556 g/mol. The van der Waals surface area contributed by atoms with Crippen LogP contribution < -0.4 is 4.90 Å². The van der Waals surface area contributed by atoms with Crippen LogP contribution in [0, 0.1) is 0 Å². The predicted octanol–water partition coefficient (Wildman–Crippen LogP) is 12.2. The molecule has 0 bridgehead atoms. The number of aromatic nitrogens is 1. The van der Waals surface area contributed by atoms with Gasteiger partial charge in [0.2, 0.25) is 0 Å². The number of anilines is 3. The highest BCUT2D eigenvalue weighted by Crippen LogP contribution is 2.41. The molecule has 0 saturated carbocycles. The Morgan fingerprint density at radius 2 is 0.739 bits per heavy atom. The van der Waals surface area contributed by atoms with Crippen molar-refractivity contribution in [3.63, 3.8) is 0 Å². The molecule has 8 aromatic carbocycles. The molecule has 0 amide bonds. The molecule has 9 rings (SSSR count). The molecular formula is C44H30N2. The van der Waals surface area contributed by atoms with E-state index in [0.717, 1.165) is 22.7 Å². The van der Waals surface area contributed by atoms with E-state index in [9.17, 15) is 0 Å². The van der Waals surface area contributed by atoms with E-state index in [1.807, 2.05) is 0 Å². The fourth-order valence-electron chi connectivity index (χ4n) is 7.03. The summed E-state index contributed by atoms with van der Waals surface area (Å²) in [5.74, 6) is 0. The van der Waals surface area contributed by atoms with Crippen molar-refractivity contribution in [2.75, 3.05) is 4.90 Å². The molecule has 0 N–H and O–H groups in total. The Kier molecular flexibility index (Phi) is 6.17. The van der Waals surface area contributed by atoms with Crippen LogP contribution in [0.1, 0.15) is 0 Å². The summed E-state index contributed by atoms with van der Waals surface area (Å²) in [5.41, 5.74) is 9.39. The van der Waals surface area contributed by atoms with Gasteiger partial charge in [-0.25, -0.2) is 0 Å². The van der Waals surface area contributed by atoms with Gasteiger partial charge < -0.3 is 9.47 Å². The van der Waals surface area contributed by atoms with E-state index in [0.29, 0.717) is 0 Å². The summed E-state index contributed by atoms with van der Waals surface area (Å²) in [4.78, 5) is 2.29. The number of rotatable bonds is 5. The zero-order valence-electron chi connectivity index (χ0n) is 25.2. The molecule has 0 fully saturated rings. The smallest absolute Gasteiger partial charge is 0.0547 e. The maximum Gasteiger partial charge on any atom is 0.0547 e. The van der Waals surface area contributed by atoms with Gasteiger partial charge in [-0.15, -0.1) is 0 Å². The van der Waals surface area contributed by atoms with Crippen molar-refractivity contribution in [1.82, 2.24) is 4.57 Å². The van der Waals surface area contributed by atoms with E-state index >= 15 is 0 Å². The number of hydrogen-bond acceptors (Lipinski definition) is 1. The minimum atomic E-state index is 1.13. The van der Waals surface area contributed by atoms with Crippen LogP contribution in [0.2, 0.25) is 0 Å². The van der Waals surface area contributed by atoms with Crippen LogP contribution in [0.3, 0.4) is 0 Å². The van der Waals surface area contributed by atoms with Crippen molar-refractivity contribution in [3.05, 3.63) is 182 Å². The van der Waals surface area contributed by atoms with E-state index in [1.165, 1.54) is 54.5 Å². The Bertz CT molecular complexity index is 2360. The SMILES string of the molecule is c1ccc(N(c2ccccc2)c2ccc(-c3ccc(-n4c5ccc6ccccc6c5c5c6ccccc6ccc54)cc3)cc2)cc1. The van der Waals surface area contributed by atoms with Crippen LogP contribution in [-0.4, -0.2) is 4.57 Å². The monoisotopic (exact) mass is 586 g/mol. The summed E-state index contributed by atoms with van der Waals surface area (Å²) in [5, 5.41) is 7.73. The second-order valence-electron chi connectivity index (χ2n) is 11.8. The van der Waals surface area contributed by atoms with Crippen LogP contribution in [0.15, 0.2) is 182 Å². The standard InChI is InChI=1S/C44H30N2/c1-3-13-35(14-4-1)45(36-15-5-2-6-16-36)37-25-19-31(20-26-37)32-21-27-38(28-22-32)46-41-29-23-33-11-7-9-17-39(33)43(41)44-40-18-10-8-12-34(40)24-30-42(44)46/h1-30H. The van der Waals surface area contributed by atoms with Crippen LogP contribution >= 0.6 is 0 Å². The van der Waals surface area contributed by atoms with E-state index < -0.39 is 0 Å². The van der Waals surface area contributed by atoms with Crippen molar-refractivity contribution in [3.8, 4) is 16.8 Å². The first kappa shape index (κ1) is 26.3. The van der Waals surface area contributed by atoms with Crippen LogP contribution in [0.25, 0.3) is 60.2 Å². The topological polar surface area (TPSA) is 8.17 Å². The molecule has 0 unspecified atom stereocenters. The third kappa shape index (κ3) is 4.27. The van der Waals surface area contributed by atoms with Gasteiger partial charge in [0.15, 0.2) is 0 Å². The van der Waals surface area contributed by atoms with Gasteiger partial charge in [0.05, 0.1) is 11.0 Å². The molecule has 0 aliphatic heterocycles. The van der Waals surface area contributed by atoms with Gasteiger partial charge in [-0.1, -0.05) is 121 Å². The summed E-state index contributed by atoms with van der Waals surface area (Å²) < 4.78 is 2.42. The molecule has 0 aliphatic rings. The first-order chi connectivity index (χ1) is 22.8. The van der Waals surface area contributed by atoms with Gasteiger partial charge in [-0.05, 0) is 93.3 Å².